The van der Waals surface area contributed by atoms with Gasteiger partial charge in [0.05, 0.1) is 13.2 Å². The molecule has 0 spiro atoms. The van der Waals surface area contributed by atoms with Crippen molar-refractivity contribution in [1.29, 1.82) is 0 Å². The number of amides is 1. The van der Waals surface area contributed by atoms with E-state index in [0.29, 0.717) is 6.54 Å². The van der Waals surface area contributed by atoms with Crippen LogP contribution in [0.5, 0.6) is 5.75 Å². The van der Waals surface area contributed by atoms with E-state index in [-0.39, 0.29) is 41.5 Å². The Bertz CT molecular complexity index is 1100. The highest BCUT2D eigenvalue weighted by atomic mass is 32.2. The number of aliphatic hydroxyl groups excluding tert-OH is 1. The number of benzene rings is 1. The van der Waals surface area contributed by atoms with Crippen LogP contribution in [0.15, 0.2) is 47.6 Å². The summed E-state index contributed by atoms with van der Waals surface area (Å²) in [6.45, 7) is 3.87. The van der Waals surface area contributed by atoms with Crippen LogP contribution in [0.2, 0.25) is 0 Å². The summed E-state index contributed by atoms with van der Waals surface area (Å²) in [5.74, 6) is 0.242. The molecule has 9 heteroatoms. The van der Waals surface area contributed by atoms with Crippen LogP contribution in [0.25, 0.3) is 11.1 Å². The fraction of sp³-hybridized carbons (Fsp3) is 0.500. The Morgan fingerprint density at radius 2 is 1.94 bits per heavy atom. The number of sulfonamides is 1. The second-order valence-electron chi connectivity index (χ2n) is 9.13. The molecule has 2 aromatic rings. The van der Waals surface area contributed by atoms with E-state index in [0.717, 1.165) is 24.0 Å². The minimum absolute atomic E-state index is 0.0636. The first-order chi connectivity index (χ1) is 15.7. The molecular formula is C24H31N3O5S. The molecule has 3 atom stereocenters. The van der Waals surface area contributed by atoms with E-state index in [2.05, 4.69) is 4.98 Å². The maximum Gasteiger partial charge on any atom is 0.247 e. The third kappa shape index (κ3) is 4.90. The molecule has 1 saturated carbocycles. The lowest BCUT2D eigenvalue weighted by atomic mass is 10.0. The molecule has 1 aliphatic heterocycles. The van der Waals surface area contributed by atoms with Gasteiger partial charge in [-0.3, -0.25) is 9.78 Å². The third-order valence-corrected chi connectivity index (χ3v) is 8.46. The molecule has 2 aliphatic rings. The predicted octanol–water partition coefficient (Wildman–Crippen LogP) is 2.39. The summed E-state index contributed by atoms with van der Waals surface area (Å²) in [5, 5.41) is 9.76. The summed E-state index contributed by atoms with van der Waals surface area (Å²) in [6.07, 6.45) is 4.79. The molecule has 0 unspecified atom stereocenters. The minimum Gasteiger partial charge on any atom is -0.487 e. The van der Waals surface area contributed by atoms with Gasteiger partial charge >= 0.3 is 0 Å². The number of aromatic nitrogens is 1. The van der Waals surface area contributed by atoms with E-state index in [9.17, 15) is 18.3 Å². The molecular weight excluding hydrogens is 442 g/mol. The van der Waals surface area contributed by atoms with Crippen LogP contribution >= 0.6 is 0 Å². The average molecular weight is 474 g/mol. The standard InChI is InChI=1S/C24H31N3O5S/c1-16-13-27(17(2)15-28)33(30,31)23-7-6-20(18-8-10-25-11-9-18)12-21(23)32-22(16)14-26(3)24(29)19-4-5-19/h6-12,16-17,19,22,28H,4-5,13-15H2,1-3H3/t16-,17-,22+/m0/s1. The number of carbonyl (C=O) groups excluding carboxylic acids is 1. The van der Waals surface area contributed by atoms with Gasteiger partial charge in [-0.05, 0) is 55.2 Å². The quantitative estimate of drug-likeness (QED) is 0.692. The summed E-state index contributed by atoms with van der Waals surface area (Å²) >= 11 is 0. The van der Waals surface area contributed by atoms with Gasteiger partial charge in [-0.2, -0.15) is 4.31 Å². The number of carbonyl (C=O) groups is 1. The zero-order valence-corrected chi connectivity index (χ0v) is 20.0. The number of hydrogen-bond donors (Lipinski definition) is 1. The molecule has 8 nitrogen and oxygen atoms in total. The third-order valence-electron chi connectivity index (χ3n) is 6.44. The topological polar surface area (TPSA) is 100 Å². The molecule has 0 saturated heterocycles. The number of fused-ring (bicyclic) bond motifs is 1. The van der Waals surface area contributed by atoms with Crippen molar-refractivity contribution in [3.63, 3.8) is 0 Å². The van der Waals surface area contributed by atoms with Crippen LogP contribution in [0.3, 0.4) is 0 Å². The number of rotatable bonds is 6. The summed E-state index contributed by atoms with van der Waals surface area (Å²) in [6, 6.07) is 8.15. The highest BCUT2D eigenvalue weighted by molar-refractivity contribution is 7.89. The van der Waals surface area contributed by atoms with E-state index >= 15 is 0 Å². The molecule has 33 heavy (non-hydrogen) atoms. The molecule has 178 valence electrons. The second-order valence-corrected chi connectivity index (χ2v) is 11.0. The second kappa shape index (κ2) is 9.40. The molecule has 0 radical (unpaired) electrons. The Balaban J connectivity index is 1.76. The van der Waals surface area contributed by atoms with Crippen molar-refractivity contribution < 1.29 is 23.1 Å². The van der Waals surface area contributed by atoms with Gasteiger partial charge in [0, 0.05) is 43.9 Å². The van der Waals surface area contributed by atoms with Crippen LogP contribution in [0, 0.1) is 11.8 Å². The van der Waals surface area contributed by atoms with Gasteiger partial charge in [0.25, 0.3) is 0 Å². The molecule has 1 aromatic heterocycles. The van der Waals surface area contributed by atoms with Gasteiger partial charge in [-0.15, -0.1) is 0 Å². The number of likely N-dealkylation sites (N-methyl/N-ethyl adjacent to an activating group) is 1. The first-order valence-corrected chi connectivity index (χ1v) is 12.7. The van der Waals surface area contributed by atoms with E-state index in [1.165, 1.54) is 4.31 Å². The van der Waals surface area contributed by atoms with Crippen molar-refractivity contribution >= 4 is 15.9 Å². The van der Waals surface area contributed by atoms with Gasteiger partial charge < -0.3 is 14.7 Å². The van der Waals surface area contributed by atoms with Crippen LogP contribution < -0.4 is 4.74 Å². The Morgan fingerprint density at radius 3 is 2.58 bits per heavy atom. The van der Waals surface area contributed by atoms with Crippen LogP contribution in [-0.4, -0.2) is 72.5 Å². The van der Waals surface area contributed by atoms with Crippen molar-refractivity contribution in [3.05, 3.63) is 42.7 Å². The molecule has 1 aliphatic carbocycles. The van der Waals surface area contributed by atoms with Crippen molar-refractivity contribution in [3.8, 4) is 16.9 Å². The number of ether oxygens (including phenoxy) is 1. The first-order valence-electron chi connectivity index (χ1n) is 11.3. The zero-order chi connectivity index (χ0) is 23.8. The minimum atomic E-state index is -3.90. The first kappa shape index (κ1) is 23.7. The van der Waals surface area contributed by atoms with E-state index in [4.69, 9.17) is 4.74 Å². The van der Waals surface area contributed by atoms with E-state index < -0.39 is 22.2 Å². The lowest BCUT2D eigenvalue weighted by Crippen LogP contribution is -2.50. The van der Waals surface area contributed by atoms with Crippen molar-refractivity contribution in [2.24, 2.45) is 11.8 Å². The SMILES string of the molecule is C[C@H]1CN([C@@H](C)CO)S(=O)(=O)c2ccc(-c3ccncc3)cc2O[C@@H]1CN(C)C(=O)C1CC1. The lowest BCUT2D eigenvalue weighted by Gasteiger charge is -2.37. The largest absolute Gasteiger partial charge is 0.487 e. The molecule has 1 amide bonds. The van der Waals surface area contributed by atoms with Crippen LogP contribution in [0.4, 0.5) is 0 Å². The van der Waals surface area contributed by atoms with Crippen LogP contribution in [-0.2, 0) is 14.8 Å². The molecule has 0 bridgehead atoms. The van der Waals surface area contributed by atoms with Crippen LogP contribution in [0.1, 0.15) is 26.7 Å². The summed E-state index contributed by atoms with van der Waals surface area (Å²) < 4.78 is 34.8. The van der Waals surface area contributed by atoms with E-state index in [1.54, 1.807) is 49.5 Å². The molecule has 4 rings (SSSR count). The van der Waals surface area contributed by atoms with E-state index in [1.807, 2.05) is 19.1 Å². The number of aliphatic hydroxyl groups is 1. The maximum atomic E-state index is 13.6. The van der Waals surface area contributed by atoms with Crippen molar-refractivity contribution in [1.82, 2.24) is 14.2 Å². The zero-order valence-electron chi connectivity index (χ0n) is 19.2. The molecule has 2 heterocycles. The highest BCUT2D eigenvalue weighted by Gasteiger charge is 2.39. The number of pyridine rings is 1. The van der Waals surface area contributed by atoms with Crippen molar-refractivity contribution in [2.45, 2.75) is 43.7 Å². The Kier molecular flexibility index (Phi) is 6.74. The normalized spacial score (nSPS) is 23.5. The van der Waals surface area contributed by atoms with Gasteiger partial charge in [0.15, 0.2) is 0 Å². The number of hydrogen-bond acceptors (Lipinski definition) is 6. The fourth-order valence-electron chi connectivity index (χ4n) is 4.17. The molecule has 1 fully saturated rings. The predicted molar refractivity (Wildman–Crippen MR) is 124 cm³/mol. The van der Waals surface area contributed by atoms with Gasteiger partial charge in [-0.1, -0.05) is 13.0 Å². The van der Waals surface area contributed by atoms with Gasteiger partial charge in [0.2, 0.25) is 15.9 Å². The number of nitrogens with zero attached hydrogens (tertiary/aromatic N) is 3. The van der Waals surface area contributed by atoms with Gasteiger partial charge in [-0.25, -0.2) is 8.42 Å². The molecule has 1 N–H and O–H groups in total. The smallest absolute Gasteiger partial charge is 0.247 e. The Morgan fingerprint density at radius 1 is 1.24 bits per heavy atom. The maximum absolute atomic E-state index is 13.6. The molecule has 1 aromatic carbocycles. The summed E-state index contributed by atoms with van der Waals surface area (Å²) in [4.78, 5) is 18.4. The fourth-order valence-corrected chi connectivity index (χ4v) is 6.00. The Labute approximate surface area is 195 Å². The summed E-state index contributed by atoms with van der Waals surface area (Å²) in [7, 11) is -2.13. The average Bonchev–Trinajstić information content (AvgIpc) is 3.66. The Hall–Kier alpha value is -2.49. The monoisotopic (exact) mass is 473 g/mol. The van der Waals surface area contributed by atoms with Crippen molar-refractivity contribution in [2.75, 3.05) is 26.7 Å². The summed E-state index contributed by atoms with van der Waals surface area (Å²) in [5.41, 5.74) is 1.70. The van der Waals surface area contributed by atoms with Gasteiger partial charge in [0.1, 0.15) is 16.7 Å². The highest BCUT2D eigenvalue weighted by Crippen LogP contribution is 2.37. The lowest BCUT2D eigenvalue weighted by molar-refractivity contribution is -0.132.